The van der Waals surface area contributed by atoms with Crippen LogP contribution < -0.4 is 21.1 Å². The molecule has 0 spiro atoms. The smallest absolute Gasteiger partial charge is 0.411 e. The fourth-order valence-corrected chi connectivity index (χ4v) is 5.62. The maximum Gasteiger partial charge on any atom is 0.411 e. The highest BCUT2D eigenvalue weighted by molar-refractivity contribution is 5.94. The van der Waals surface area contributed by atoms with Crippen LogP contribution in [-0.2, 0) is 25.6 Å². The van der Waals surface area contributed by atoms with E-state index in [1.807, 2.05) is 56.3 Å². The summed E-state index contributed by atoms with van der Waals surface area (Å²) in [5.74, 6) is -1.52. The molecule has 13 heteroatoms. The number of hydrogen-bond donors (Lipinski definition) is 4. The number of nitrogen functional groups attached to an aromatic ring is 1. The monoisotopic (exact) mass is 675 g/mol. The number of nitrogens with zero attached hydrogens (tertiary/aromatic N) is 2. The highest BCUT2D eigenvalue weighted by Crippen LogP contribution is 2.33. The molecule has 49 heavy (non-hydrogen) atoms. The van der Waals surface area contributed by atoms with Crippen LogP contribution >= 0.6 is 0 Å². The number of hydrogen-bond acceptors (Lipinski definition) is 9. The summed E-state index contributed by atoms with van der Waals surface area (Å²) < 4.78 is 32.1. The zero-order chi connectivity index (χ0) is 35.8. The van der Waals surface area contributed by atoms with Gasteiger partial charge < -0.3 is 35.3 Å². The Morgan fingerprint density at radius 2 is 1.94 bits per heavy atom. The van der Waals surface area contributed by atoms with Crippen molar-refractivity contribution in [2.24, 2.45) is 0 Å². The van der Waals surface area contributed by atoms with Crippen molar-refractivity contribution in [3.8, 4) is 5.75 Å². The molecule has 6 rings (SSSR count). The van der Waals surface area contributed by atoms with E-state index in [4.69, 9.17) is 29.8 Å². The molecule has 3 heterocycles. The molecule has 3 aromatic carbocycles. The Kier molecular flexibility index (Phi) is 12.0. The number of carboxylic acids is 1. The summed E-state index contributed by atoms with van der Waals surface area (Å²) in [7, 11) is 3.17. The van der Waals surface area contributed by atoms with E-state index in [0.717, 1.165) is 34.4 Å². The first-order valence-electron chi connectivity index (χ1n) is 15.6. The number of carboxylic acid groups (broad SMARTS) is 1. The van der Waals surface area contributed by atoms with Crippen LogP contribution in [0.25, 0.3) is 10.8 Å². The number of aromatic nitrogens is 1. The molecule has 5 N–H and O–H groups in total. The standard InChI is InChI=1S/C34H38FN5O5.C2H4O2/c1-19-12-23-6-8-27(19)20(2)17-44-34(42)39-26-14-24(31(29(35)15-26)45-21(3)18-43-5)16-40(4)33(41)30(23)38-25-7-9-28-22(13-25)10-11-37-32(28)36;1-2(3)4/h6-15,20-21,30,38H,16-18H2,1-5H3,(H2,36,37)(H,39,42);1H3,(H,3,4)/t20-,21-,30+;/m0./s1. The number of aliphatic carboxylic acids is 1. The van der Waals surface area contributed by atoms with Crippen molar-refractivity contribution >= 4 is 45.9 Å². The van der Waals surface area contributed by atoms with Crippen LogP contribution in [0.3, 0.4) is 0 Å². The molecule has 12 nitrogen and oxygen atoms in total. The molecular weight excluding hydrogens is 633 g/mol. The molecule has 3 atom stereocenters. The van der Waals surface area contributed by atoms with Crippen molar-refractivity contribution in [3.05, 3.63) is 88.9 Å². The zero-order valence-corrected chi connectivity index (χ0v) is 28.4. The number of methoxy groups -OCH3 is 1. The summed E-state index contributed by atoms with van der Waals surface area (Å²) in [6, 6.07) is 15.3. The molecule has 2 aliphatic heterocycles. The lowest BCUT2D eigenvalue weighted by Gasteiger charge is -2.28. The molecule has 4 aromatic rings. The van der Waals surface area contributed by atoms with Crippen molar-refractivity contribution in [2.45, 2.75) is 52.3 Å². The van der Waals surface area contributed by atoms with Gasteiger partial charge in [-0.1, -0.05) is 25.1 Å². The van der Waals surface area contributed by atoms with Crippen LogP contribution in [0.4, 0.5) is 26.4 Å². The predicted molar refractivity (Wildman–Crippen MR) is 185 cm³/mol. The van der Waals surface area contributed by atoms with Crippen molar-refractivity contribution in [1.29, 1.82) is 0 Å². The van der Waals surface area contributed by atoms with E-state index in [-0.39, 0.29) is 43.0 Å². The highest BCUT2D eigenvalue weighted by Gasteiger charge is 2.28. The topological polar surface area (TPSA) is 165 Å². The molecule has 0 fully saturated rings. The van der Waals surface area contributed by atoms with Crippen LogP contribution in [0.15, 0.2) is 60.8 Å². The summed E-state index contributed by atoms with van der Waals surface area (Å²) >= 11 is 0. The quantitative estimate of drug-likeness (QED) is 0.184. The van der Waals surface area contributed by atoms with Gasteiger partial charge in [-0.25, -0.2) is 14.2 Å². The first-order chi connectivity index (χ1) is 23.3. The Morgan fingerprint density at radius 1 is 1.20 bits per heavy atom. The Hall–Kier alpha value is -5.43. The maximum atomic E-state index is 15.5. The third-order valence-corrected chi connectivity index (χ3v) is 7.85. The summed E-state index contributed by atoms with van der Waals surface area (Å²) in [6.45, 7) is 7.08. The zero-order valence-electron chi connectivity index (χ0n) is 28.4. The molecule has 2 amide bonds. The second-order valence-corrected chi connectivity index (χ2v) is 12.0. The molecule has 1 aromatic heterocycles. The van der Waals surface area contributed by atoms with Gasteiger partial charge in [0.05, 0.1) is 13.2 Å². The lowest BCUT2D eigenvalue weighted by molar-refractivity contribution is -0.134. The number of aryl methyl sites for hydroxylation is 1. The second kappa shape index (κ2) is 16.1. The third-order valence-electron chi connectivity index (χ3n) is 7.85. The fourth-order valence-electron chi connectivity index (χ4n) is 5.62. The number of rotatable bonds is 6. The van der Waals surface area contributed by atoms with Gasteiger partial charge in [-0.05, 0) is 66.3 Å². The van der Waals surface area contributed by atoms with Crippen LogP contribution in [0, 0.1) is 12.7 Å². The number of pyridine rings is 1. The van der Waals surface area contributed by atoms with Gasteiger partial charge in [-0.2, -0.15) is 0 Å². The van der Waals surface area contributed by atoms with Crippen molar-refractivity contribution in [2.75, 3.05) is 43.7 Å². The third kappa shape index (κ3) is 9.35. The maximum absolute atomic E-state index is 15.5. The van der Waals surface area contributed by atoms with Gasteiger partial charge in [0.2, 0.25) is 5.91 Å². The predicted octanol–water partition coefficient (Wildman–Crippen LogP) is 6.25. The molecule has 0 aliphatic carbocycles. The average Bonchev–Trinajstić information content (AvgIpc) is 3.03. The summed E-state index contributed by atoms with van der Waals surface area (Å²) in [5.41, 5.74) is 9.99. The van der Waals surface area contributed by atoms with Crippen molar-refractivity contribution in [1.82, 2.24) is 9.88 Å². The molecular formula is C36H42FN5O7. The lowest BCUT2D eigenvalue weighted by atomic mass is 9.93. The Labute approximate surface area is 284 Å². The van der Waals surface area contributed by atoms with Crippen LogP contribution in [0.2, 0.25) is 0 Å². The average molecular weight is 676 g/mol. The van der Waals surface area contributed by atoms with Gasteiger partial charge in [0.15, 0.2) is 11.6 Å². The van der Waals surface area contributed by atoms with Gasteiger partial charge in [0.25, 0.3) is 5.97 Å². The molecule has 0 unspecified atom stereocenters. The summed E-state index contributed by atoms with van der Waals surface area (Å²) in [6.07, 6.45) is 0.458. The summed E-state index contributed by atoms with van der Waals surface area (Å²) in [4.78, 5) is 41.6. The Bertz CT molecular complexity index is 1830. The largest absolute Gasteiger partial charge is 0.485 e. The van der Waals surface area contributed by atoms with Gasteiger partial charge in [0.1, 0.15) is 18.0 Å². The molecule has 4 bridgehead atoms. The molecule has 0 saturated heterocycles. The van der Waals surface area contributed by atoms with E-state index < -0.39 is 30.0 Å². The summed E-state index contributed by atoms with van der Waals surface area (Å²) in [5, 5.41) is 15.1. The Morgan fingerprint density at radius 3 is 2.63 bits per heavy atom. The molecule has 0 radical (unpaired) electrons. The van der Waals surface area contributed by atoms with Crippen molar-refractivity contribution < 1.29 is 38.1 Å². The minimum atomic E-state index is -0.833. The number of ether oxygens (including phenoxy) is 3. The van der Waals surface area contributed by atoms with E-state index in [2.05, 4.69) is 15.6 Å². The minimum absolute atomic E-state index is 0.0123. The molecule has 260 valence electrons. The number of carbonyl (C=O) groups excluding carboxylic acids is 2. The number of benzene rings is 3. The van der Waals surface area contributed by atoms with E-state index in [1.54, 1.807) is 26.2 Å². The van der Waals surface area contributed by atoms with E-state index >= 15 is 4.39 Å². The van der Waals surface area contributed by atoms with E-state index in [0.29, 0.717) is 17.1 Å². The van der Waals surface area contributed by atoms with Crippen molar-refractivity contribution in [3.63, 3.8) is 0 Å². The van der Waals surface area contributed by atoms with Crippen LogP contribution in [-0.4, -0.2) is 66.4 Å². The number of carbonyl (C=O) groups is 3. The van der Waals surface area contributed by atoms with Gasteiger partial charge in [0, 0.05) is 68.1 Å². The van der Waals surface area contributed by atoms with E-state index in [9.17, 15) is 9.59 Å². The highest BCUT2D eigenvalue weighted by atomic mass is 19.1. The number of likely N-dealkylation sites (N-methyl/N-ethyl adjacent to an activating group) is 1. The fraction of sp³-hybridized carbons (Fsp3) is 0.333. The minimum Gasteiger partial charge on any atom is -0.485 e. The number of anilines is 3. The lowest BCUT2D eigenvalue weighted by Crippen LogP contribution is -2.35. The van der Waals surface area contributed by atoms with E-state index in [1.165, 1.54) is 18.1 Å². The van der Waals surface area contributed by atoms with Gasteiger partial charge in [-0.3, -0.25) is 14.9 Å². The number of halogens is 1. The molecule has 0 saturated carbocycles. The van der Waals surface area contributed by atoms with Crippen LogP contribution in [0.5, 0.6) is 5.75 Å². The van der Waals surface area contributed by atoms with Crippen LogP contribution in [0.1, 0.15) is 55.0 Å². The SMILES string of the molecule is CC(=O)O.COC[C@H](C)Oc1c(F)cc2cc1CN(C)C(=O)[C@H](Nc1ccc3c(N)nccc3c1)c1ccc(c(C)c1)[C@@H](C)COC(=O)N2. The van der Waals surface area contributed by atoms with Gasteiger partial charge >= 0.3 is 6.09 Å². The second-order valence-electron chi connectivity index (χ2n) is 12.0. The normalized spacial score (nSPS) is 17.0. The molecule has 2 aliphatic rings. The number of nitrogens with two attached hydrogens (primary N) is 1. The number of amides is 2. The van der Waals surface area contributed by atoms with Gasteiger partial charge in [-0.15, -0.1) is 0 Å². The first kappa shape index (κ1) is 36.4. The number of nitrogens with one attached hydrogen (secondary N) is 2. The Balaban J connectivity index is 0.00000128. The first-order valence-corrected chi connectivity index (χ1v) is 15.6. The number of fused-ring (bicyclic) bond motifs is 10.